The van der Waals surface area contributed by atoms with Crippen molar-refractivity contribution in [3.8, 4) is 0 Å². The van der Waals surface area contributed by atoms with E-state index in [2.05, 4.69) is 34.4 Å². The molecule has 4 N–H and O–H groups in total. The Hall–Kier alpha value is -1.01. The first-order chi connectivity index (χ1) is 9.61. The third kappa shape index (κ3) is 2.86. The molecular weight excluding hydrogens is 270 g/mol. The minimum atomic E-state index is 0.327. The maximum Gasteiger partial charge on any atom is 0.148 e. The molecule has 110 valence electrons. The molecule has 1 saturated heterocycles. The van der Waals surface area contributed by atoms with Crippen molar-refractivity contribution in [3.63, 3.8) is 0 Å². The fourth-order valence-electron chi connectivity index (χ4n) is 2.62. The van der Waals surface area contributed by atoms with Gasteiger partial charge in [-0.2, -0.15) is 11.8 Å². The molecular formula is C14H23N5S. The van der Waals surface area contributed by atoms with Crippen LogP contribution in [0.5, 0.6) is 0 Å². The Morgan fingerprint density at radius 2 is 2.10 bits per heavy atom. The quantitative estimate of drug-likeness (QED) is 0.572. The third-order valence-corrected chi connectivity index (χ3v) is 5.71. The van der Waals surface area contributed by atoms with Gasteiger partial charge in [0.25, 0.3) is 0 Å². The van der Waals surface area contributed by atoms with E-state index in [-0.39, 0.29) is 0 Å². The highest BCUT2D eigenvalue weighted by molar-refractivity contribution is 8.00. The molecule has 5 nitrogen and oxygen atoms in total. The molecule has 1 aliphatic carbocycles. The Kier molecular flexibility index (Phi) is 3.77. The molecule has 1 atom stereocenters. The number of rotatable bonds is 5. The number of hydrazine groups is 1. The predicted octanol–water partition coefficient (Wildman–Crippen LogP) is 2.65. The van der Waals surface area contributed by atoms with Crippen LogP contribution in [-0.2, 0) is 0 Å². The number of thioether (sulfide) groups is 1. The molecule has 1 aliphatic heterocycles. The summed E-state index contributed by atoms with van der Waals surface area (Å²) in [6, 6.07) is 0. The van der Waals surface area contributed by atoms with Gasteiger partial charge in [-0.15, -0.1) is 0 Å². The van der Waals surface area contributed by atoms with E-state index in [1.807, 2.05) is 6.92 Å². The SMILES string of the molecule is Cc1c(NN)nc(C2CC2)nc1NCC1(C)CCCS1. The van der Waals surface area contributed by atoms with Crippen molar-refractivity contribution in [2.24, 2.45) is 5.84 Å². The Morgan fingerprint density at radius 3 is 2.70 bits per heavy atom. The summed E-state index contributed by atoms with van der Waals surface area (Å²) in [4.78, 5) is 9.23. The number of nitrogens with zero attached hydrogens (tertiary/aromatic N) is 2. The van der Waals surface area contributed by atoms with Gasteiger partial charge in [-0.1, -0.05) is 0 Å². The molecule has 0 aromatic carbocycles. The van der Waals surface area contributed by atoms with Crippen LogP contribution in [0.4, 0.5) is 11.6 Å². The highest BCUT2D eigenvalue weighted by Gasteiger charge is 2.31. The van der Waals surface area contributed by atoms with Gasteiger partial charge >= 0.3 is 0 Å². The second kappa shape index (κ2) is 5.41. The lowest BCUT2D eigenvalue weighted by Gasteiger charge is -2.24. The zero-order chi connectivity index (χ0) is 14.2. The van der Waals surface area contributed by atoms with E-state index in [1.54, 1.807) is 0 Å². The number of hydrogen-bond acceptors (Lipinski definition) is 6. The summed E-state index contributed by atoms with van der Waals surface area (Å²) in [7, 11) is 0. The second-order valence-electron chi connectivity index (χ2n) is 6.08. The summed E-state index contributed by atoms with van der Waals surface area (Å²) in [5.74, 6) is 9.98. The van der Waals surface area contributed by atoms with Gasteiger partial charge in [-0.3, -0.25) is 0 Å². The van der Waals surface area contributed by atoms with Gasteiger partial charge in [-0.05, 0) is 45.3 Å². The molecule has 20 heavy (non-hydrogen) atoms. The number of hydrogen-bond donors (Lipinski definition) is 3. The monoisotopic (exact) mass is 293 g/mol. The maximum atomic E-state index is 5.58. The number of nitrogens with one attached hydrogen (secondary N) is 2. The average molecular weight is 293 g/mol. The number of anilines is 2. The second-order valence-corrected chi connectivity index (χ2v) is 7.76. The van der Waals surface area contributed by atoms with E-state index in [0.29, 0.717) is 10.7 Å². The van der Waals surface area contributed by atoms with Crippen molar-refractivity contribution in [2.75, 3.05) is 23.0 Å². The number of nitrogens with two attached hydrogens (primary N) is 1. The minimum absolute atomic E-state index is 0.327. The molecule has 0 spiro atoms. The van der Waals surface area contributed by atoms with Crippen molar-refractivity contribution < 1.29 is 0 Å². The molecule has 6 heteroatoms. The Bertz CT molecular complexity index is 495. The summed E-state index contributed by atoms with van der Waals surface area (Å²) in [5.41, 5.74) is 3.70. The van der Waals surface area contributed by atoms with Gasteiger partial charge in [0.2, 0.25) is 0 Å². The van der Waals surface area contributed by atoms with Gasteiger partial charge in [-0.25, -0.2) is 15.8 Å². The molecule has 2 aliphatic rings. The topological polar surface area (TPSA) is 75.9 Å². The van der Waals surface area contributed by atoms with Crippen LogP contribution >= 0.6 is 11.8 Å². The predicted molar refractivity (Wildman–Crippen MR) is 85.1 cm³/mol. The molecule has 3 rings (SSSR count). The van der Waals surface area contributed by atoms with E-state index in [1.165, 1.54) is 31.4 Å². The van der Waals surface area contributed by atoms with Crippen LogP contribution in [0.2, 0.25) is 0 Å². The lowest BCUT2D eigenvalue weighted by atomic mass is 10.1. The van der Waals surface area contributed by atoms with Gasteiger partial charge in [0.1, 0.15) is 17.5 Å². The van der Waals surface area contributed by atoms with Crippen molar-refractivity contribution in [3.05, 3.63) is 11.4 Å². The van der Waals surface area contributed by atoms with Crippen molar-refractivity contribution in [2.45, 2.75) is 50.2 Å². The van der Waals surface area contributed by atoms with Crippen LogP contribution in [0.15, 0.2) is 0 Å². The highest BCUT2D eigenvalue weighted by Crippen LogP contribution is 2.40. The zero-order valence-electron chi connectivity index (χ0n) is 12.2. The number of nitrogen functional groups attached to an aromatic ring is 1. The summed E-state index contributed by atoms with van der Waals surface area (Å²) in [6.45, 7) is 5.29. The van der Waals surface area contributed by atoms with Gasteiger partial charge in [0.15, 0.2) is 0 Å². The summed E-state index contributed by atoms with van der Waals surface area (Å²) >= 11 is 2.06. The number of aromatic nitrogens is 2. The Morgan fingerprint density at radius 1 is 1.35 bits per heavy atom. The van der Waals surface area contributed by atoms with Crippen LogP contribution in [0, 0.1) is 6.92 Å². The first-order valence-electron chi connectivity index (χ1n) is 7.34. The Labute approximate surface area is 124 Å². The van der Waals surface area contributed by atoms with Gasteiger partial charge in [0.05, 0.1) is 0 Å². The van der Waals surface area contributed by atoms with Gasteiger partial charge in [0, 0.05) is 22.8 Å². The molecule has 1 aromatic rings. The lowest BCUT2D eigenvalue weighted by Crippen LogP contribution is -2.28. The molecule has 0 radical (unpaired) electrons. The largest absolute Gasteiger partial charge is 0.368 e. The Balaban J connectivity index is 1.78. The van der Waals surface area contributed by atoms with Crippen LogP contribution < -0.4 is 16.6 Å². The fourth-order valence-corrected chi connectivity index (χ4v) is 3.86. The molecule has 0 bridgehead atoms. The first-order valence-corrected chi connectivity index (χ1v) is 8.33. The normalized spacial score (nSPS) is 25.8. The zero-order valence-corrected chi connectivity index (χ0v) is 13.0. The molecule has 1 unspecified atom stereocenters. The van der Waals surface area contributed by atoms with E-state index < -0.39 is 0 Å². The molecule has 0 amide bonds. The van der Waals surface area contributed by atoms with Crippen LogP contribution in [0.1, 0.15) is 49.9 Å². The maximum absolute atomic E-state index is 5.58. The summed E-state index contributed by atoms with van der Waals surface area (Å²) in [5, 5.41) is 3.53. The highest BCUT2D eigenvalue weighted by atomic mass is 32.2. The smallest absolute Gasteiger partial charge is 0.148 e. The molecule has 1 saturated carbocycles. The molecule has 2 heterocycles. The van der Waals surface area contributed by atoms with E-state index in [0.717, 1.165) is 29.6 Å². The average Bonchev–Trinajstić information content (AvgIpc) is 3.20. The van der Waals surface area contributed by atoms with Crippen molar-refractivity contribution in [1.82, 2.24) is 9.97 Å². The fraction of sp³-hybridized carbons (Fsp3) is 0.714. The molecule has 2 fully saturated rings. The lowest BCUT2D eigenvalue weighted by molar-refractivity contribution is 0.633. The standard InChI is InChI=1S/C14H23N5S/c1-9-11(16-8-14(2)6-3-7-20-14)17-13(10-4-5-10)18-12(9)19-15/h10H,3-8,15H2,1-2H3,(H2,16,17,18,19). The van der Waals surface area contributed by atoms with Crippen LogP contribution in [0.3, 0.4) is 0 Å². The summed E-state index contributed by atoms with van der Waals surface area (Å²) < 4.78 is 0.327. The van der Waals surface area contributed by atoms with E-state index in [9.17, 15) is 0 Å². The van der Waals surface area contributed by atoms with Crippen molar-refractivity contribution in [1.29, 1.82) is 0 Å². The van der Waals surface area contributed by atoms with Crippen LogP contribution in [-0.4, -0.2) is 27.0 Å². The van der Waals surface area contributed by atoms with E-state index in [4.69, 9.17) is 10.8 Å². The molecule has 1 aromatic heterocycles. The van der Waals surface area contributed by atoms with Crippen LogP contribution in [0.25, 0.3) is 0 Å². The minimum Gasteiger partial charge on any atom is -0.368 e. The van der Waals surface area contributed by atoms with Gasteiger partial charge < -0.3 is 10.7 Å². The summed E-state index contributed by atoms with van der Waals surface area (Å²) in [6.07, 6.45) is 4.97. The van der Waals surface area contributed by atoms with E-state index >= 15 is 0 Å². The first kappa shape index (κ1) is 13.9. The van der Waals surface area contributed by atoms with Crippen molar-refractivity contribution >= 4 is 23.4 Å². The third-order valence-electron chi connectivity index (χ3n) is 4.17.